The highest BCUT2D eigenvalue weighted by Crippen LogP contribution is 2.37. The second-order valence-electron chi connectivity index (χ2n) is 10.8. The molecule has 9 heteroatoms. The molecule has 6 nitrogen and oxygen atoms in total. The summed E-state index contributed by atoms with van der Waals surface area (Å²) in [7, 11) is 0. The van der Waals surface area contributed by atoms with E-state index in [1.807, 2.05) is 53.4 Å². The van der Waals surface area contributed by atoms with E-state index in [1.165, 1.54) is 17.8 Å². The number of nitrogens with one attached hydrogen (secondary N) is 2. The fourth-order valence-electron chi connectivity index (χ4n) is 5.31. The Morgan fingerprint density at radius 3 is 2.00 bits per heavy atom. The fourth-order valence-corrected chi connectivity index (χ4v) is 6.52. The smallest absolute Gasteiger partial charge is 0.272 e. The normalized spacial score (nSPS) is 12.4. The highest BCUT2D eigenvalue weighted by atomic mass is 35.5. The maximum absolute atomic E-state index is 13.7. The van der Waals surface area contributed by atoms with Gasteiger partial charge >= 0.3 is 0 Å². The van der Waals surface area contributed by atoms with E-state index in [2.05, 4.69) is 22.8 Å². The van der Waals surface area contributed by atoms with Crippen LogP contribution in [0.1, 0.15) is 27.0 Å². The van der Waals surface area contributed by atoms with E-state index in [4.69, 9.17) is 23.2 Å². The zero-order valence-corrected chi connectivity index (χ0v) is 27.4. The number of halogens is 2. The van der Waals surface area contributed by atoms with Crippen LogP contribution in [0.15, 0.2) is 132 Å². The zero-order chi connectivity index (χ0) is 32.8. The number of aryl methyl sites for hydroxylation is 2. The molecular weight excluding hydrogens is 649 g/mol. The van der Waals surface area contributed by atoms with Crippen LogP contribution in [0.4, 0.5) is 17.1 Å². The summed E-state index contributed by atoms with van der Waals surface area (Å²) in [6, 6.07) is 36.8. The van der Waals surface area contributed by atoms with Crippen LogP contribution in [0, 0.1) is 0 Å². The average molecular weight is 679 g/mol. The van der Waals surface area contributed by atoms with Crippen LogP contribution in [0.5, 0.6) is 0 Å². The first-order chi connectivity index (χ1) is 22.9. The van der Waals surface area contributed by atoms with E-state index < -0.39 is 11.8 Å². The summed E-state index contributed by atoms with van der Waals surface area (Å²) >= 11 is 13.8. The summed E-state index contributed by atoms with van der Waals surface area (Å²) in [5.74, 6) is -0.759. The van der Waals surface area contributed by atoms with E-state index >= 15 is 0 Å². The predicted molar refractivity (Wildman–Crippen MR) is 192 cm³/mol. The molecule has 0 fully saturated rings. The van der Waals surface area contributed by atoms with Gasteiger partial charge in [0.25, 0.3) is 11.8 Å². The molecule has 0 radical (unpaired) electrons. The van der Waals surface area contributed by atoms with Gasteiger partial charge in [0.2, 0.25) is 5.91 Å². The Kier molecular flexibility index (Phi) is 10.1. The first-order valence-electron chi connectivity index (χ1n) is 14.9. The number of rotatable bonds is 8. The molecule has 0 saturated carbocycles. The number of fused-ring (bicyclic) bond motifs is 2. The summed E-state index contributed by atoms with van der Waals surface area (Å²) in [5, 5.41) is 6.34. The van der Waals surface area contributed by atoms with E-state index in [0.29, 0.717) is 26.9 Å². The first kappa shape index (κ1) is 32.1. The molecule has 2 N–H and O–H groups in total. The maximum Gasteiger partial charge on any atom is 0.272 e. The SMILES string of the molecule is O=C(Nc1ccc(SCC(=O)N2c3ccccc3CCc3ccccc32)cc1)/C(=C/c1ccc(Cl)cc1Cl)NC(=O)c1ccccc1. The maximum atomic E-state index is 13.7. The van der Waals surface area contributed by atoms with Crippen molar-refractivity contribution >= 4 is 75.8 Å². The van der Waals surface area contributed by atoms with Gasteiger partial charge in [-0.05, 0) is 96.3 Å². The monoisotopic (exact) mass is 677 g/mol. The Morgan fingerprint density at radius 1 is 0.745 bits per heavy atom. The minimum absolute atomic E-state index is 0.00476. The molecular formula is C38H29Cl2N3O3S. The minimum Gasteiger partial charge on any atom is -0.321 e. The number of amides is 3. The molecule has 6 rings (SSSR count). The molecule has 5 aromatic rings. The van der Waals surface area contributed by atoms with Gasteiger partial charge in [0.05, 0.1) is 17.1 Å². The van der Waals surface area contributed by atoms with Crippen molar-refractivity contribution in [2.45, 2.75) is 17.7 Å². The van der Waals surface area contributed by atoms with Crippen LogP contribution in [0.3, 0.4) is 0 Å². The molecule has 0 atom stereocenters. The van der Waals surface area contributed by atoms with Gasteiger partial charge in [-0.1, -0.05) is 83.9 Å². The van der Waals surface area contributed by atoms with Gasteiger partial charge in [0, 0.05) is 26.2 Å². The molecule has 234 valence electrons. The third-order valence-electron chi connectivity index (χ3n) is 7.64. The first-order valence-corrected chi connectivity index (χ1v) is 16.7. The quantitative estimate of drug-likeness (QED) is 0.127. The third-order valence-corrected chi connectivity index (χ3v) is 9.20. The van der Waals surface area contributed by atoms with Crippen molar-refractivity contribution in [3.05, 3.63) is 159 Å². The van der Waals surface area contributed by atoms with Crippen molar-refractivity contribution in [1.29, 1.82) is 0 Å². The molecule has 3 amide bonds. The third kappa shape index (κ3) is 7.77. The lowest BCUT2D eigenvalue weighted by Crippen LogP contribution is -2.30. The van der Waals surface area contributed by atoms with Gasteiger partial charge in [0.1, 0.15) is 5.70 Å². The number of hydrogen-bond acceptors (Lipinski definition) is 4. The predicted octanol–water partition coefficient (Wildman–Crippen LogP) is 8.96. The van der Waals surface area contributed by atoms with Crippen molar-refractivity contribution in [1.82, 2.24) is 5.32 Å². The molecule has 0 spiro atoms. The summed E-state index contributed by atoms with van der Waals surface area (Å²) in [6.45, 7) is 0. The van der Waals surface area contributed by atoms with Gasteiger partial charge in [-0.3, -0.25) is 19.3 Å². The van der Waals surface area contributed by atoms with Gasteiger partial charge < -0.3 is 10.6 Å². The average Bonchev–Trinajstić information content (AvgIpc) is 3.26. The van der Waals surface area contributed by atoms with Crippen LogP contribution < -0.4 is 15.5 Å². The van der Waals surface area contributed by atoms with Crippen molar-refractivity contribution in [2.24, 2.45) is 0 Å². The minimum atomic E-state index is -0.533. The Balaban J connectivity index is 1.16. The number of carbonyl (C=O) groups is 3. The topological polar surface area (TPSA) is 78.5 Å². The number of para-hydroxylation sites is 2. The Labute approximate surface area is 287 Å². The van der Waals surface area contributed by atoms with E-state index in [9.17, 15) is 14.4 Å². The van der Waals surface area contributed by atoms with Crippen molar-refractivity contribution in [2.75, 3.05) is 16.0 Å². The molecule has 0 bridgehead atoms. The summed E-state index contributed by atoms with van der Waals surface area (Å²) in [4.78, 5) is 42.8. The lowest BCUT2D eigenvalue weighted by Gasteiger charge is -2.25. The van der Waals surface area contributed by atoms with Crippen molar-refractivity contribution in [3.63, 3.8) is 0 Å². The number of hydrogen-bond donors (Lipinski definition) is 2. The van der Waals surface area contributed by atoms with Crippen LogP contribution in [-0.4, -0.2) is 23.5 Å². The Hall–Kier alpha value is -4.82. The molecule has 1 heterocycles. The number of nitrogens with zero attached hydrogens (tertiary/aromatic N) is 1. The number of thioether (sulfide) groups is 1. The summed E-state index contributed by atoms with van der Waals surface area (Å²) in [5.41, 5.74) is 5.57. The summed E-state index contributed by atoms with van der Waals surface area (Å²) in [6.07, 6.45) is 3.25. The highest BCUT2D eigenvalue weighted by molar-refractivity contribution is 8.00. The molecule has 1 aliphatic heterocycles. The van der Waals surface area contributed by atoms with E-state index in [-0.39, 0.29) is 17.4 Å². The highest BCUT2D eigenvalue weighted by Gasteiger charge is 2.25. The number of anilines is 3. The van der Waals surface area contributed by atoms with E-state index in [1.54, 1.807) is 60.7 Å². The fraction of sp³-hybridized carbons (Fsp3) is 0.0789. The second-order valence-corrected chi connectivity index (χ2v) is 12.7. The van der Waals surface area contributed by atoms with Crippen LogP contribution in [0.2, 0.25) is 10.0 Å². The van der Waals surface area contributed by atoms with Crippen molar-refractivity contribution in [3.8, 4) is 0 Å². The summed E-state index contributed by atoms with van der Waals surface area (Å²) < 4.78 is 0. The van der Waals surface area contributed by atoms with Crippen LogP contribution in [0.25, 0.3) is 6.08 Å². The lowest BCUT2D eigenvalue weighted by molar-refractivity contribution is -0.115. The zero-order valence-electron chi connectivity index (χ0n) is 25.1. The lowest BCUT2D eigenvalue weighted by atomic mass is 10.0. The molecule has 0 aliphatic carbocycles. The second kappa shape index (κ2) is 14.7. The number of benzene rings is 5. The molecule has 47 heavy (non-hydrogen) atoms. The van der Waals surface area contributed by atoms with Crippen LogP contribution in [-0.2, 0) is 22.4 Å². The van der Waals surface area contributed by atoms with Crippen LogP contribution >= 0.6 is 35.0 Å². The standard InChI is InChI=1S/C38H29Cl2N3O3S/c39-29-17-16-28(32(40)23-29)22-33(42-37(45)27-10-2-1-3-11-27)38(46)41-30-18-20-31(21-19-30)47-24-36(44)43-34-12-6-4-8-25(34)14-15-26-9-5-7-13-35(26)43/h1-13,16-23H,14-15,24H2,(H,41,46)(H,42,45)/b33-22-. The van der Waals surface area contributed by atoms with Gasteiger partial charge in [0.15, 0.2) is 0 Å². The Morgan fingerprint density at radius 2 is 1.36 bits per heavy atom. The van der Waals surface area contributed by atoms with Gasteiger partial charge in [-0.15, -0.1) is 11.8 Å². The number of carbonyl (C=O) groups excluding carboxylic acids is 3. The molecule has 0 unspecified atom stereocenters. The Bertz CT molecular complexity index is 1930. The van der Waals surface area contributed by atoms with Gasteiger partial charge in [-0.2, -0.15) is 0 Å². The molecule has 0 saturated heterocycles. The van der Waals surface area contributed by atoms with E-state index in [0.717, 1.165) is 40.2 Å². The molecule has 1 aliphatic rings. The van der Waals surface area contributed by atoms with Crippen molar-refractivity contribution < 1.29 is 14.4 Å². The molecule has 5 aromatic carbocycles. The molecule has 0 aromatic heterocycles. The van der Waals surface area contributed by atoms with Gasteiger partial charge in [-0.25, -0.2) is 0 Å². The largest absolute Gasteiger partial charge is 0.321 e.